The second-order valence-electron chi connectivity index (χ2n) is 3.92. The number of benzene rings is 2. The smallest absolute Gasteiger partial charge is 0.143 e. The molecule has 100 valence electrons. The van der Waals surface area contributed by atoms with Crippen LogP contribution in [0.4, 0.5) is 8.78 Å². The van der Waals surface area contributed by atoms with Gasteiger partial charge in [-0.2, -0.15) is 0 Å². The fraction of sp³-hybridized carbons (Fsp3) is 0.143. The molecule has 0 heterocycles. The Balaban J connectivity index is 2.03. The van der Waals surface area contributed by atoms with Crippen molar-refractivity contribution in [2.45, 2.75) is 11.0 Å². The molecule has 1 unspecified atom stereocenters. The van der Waals surface area contributed by atoms with Gasteiger partial charge in [0, 0.05) is 16.2 Å². The van der Waals surface area contributed by atoms with Gasteiger partial charge in [-0.1, -0.05) is 12.1 Å². The summed E-state index contributed by atoms with van der Waals surface area (Å²) in [6.45, 7) is 0. The monoisotopic (exact) mass is 344 g/mol. The first-order valence-corrected chi connectivity index (χ1v) is 7.36. The predicted octanol–water partition coefficient (Wildman–Crippen LogP) is 4.55. The fourth-order valence-electron chi connectivity index (χ4n) is 1.57. The Labute approximate surface area is 122 Å². The maximum absolute atomic E-state index is 13.8. The summed E-state index contributed by atoms with van der Waals surface area (Å²) < 4.78 is 26.8. The summed E-state index contributed by atoms with van der Waals surface area (Å²) in [4.78, 5) is 0.829. The molecule has 0 saturated heterocycles. The minimum atomic E-state index is -0.910. The normalized spacial score (nSPS) is 12.4. The number of hydrogen-bond acceptors (Lipinski definition) is 2. The number of halogens is 3. The highest BCUT2D eigenvalue weighted by molar-refractivity contribution is 9.10. The standard InChI is InChI=1S/C14H11BrF2OS/c15-12-3-1-2-11(14(12)17)13(18)8-19-10-6-4-9(16)5-7-10/h1-7,13,18H,8H2. The van der Waals surface area contributed by atoms with Crippen LogP contribution in [-0.4, -0.2) is 10.9 Å². The number of hydrogen-bond donors (Lipinski definition) is 1. The van der Waals surface area contributed by atoms with E-state index < -0.39 is 11.9 Å². The van der Waals surface area contributed by atoms with Crippen LogP contribution in [0.15, 0.2) is 51.8 Å². The molecular weight excluding hydrogens is 334 g/mol. The van der Waals surface area contributed by atoms with Gasteiger partial charge in [0.05, 0.1) is 10.6 Å². The maximum atomic E-state index is 13.8. The SMILES string of the molecule is OC(CSc1ccc(F)cc1)c1cccc(Br)c1F. The lowest BCUT2D eigenvalue weighted by molar-refractivity contribution is 0.198. The van der Waals surface area contributed by atoms with E-state index in [0.717, 1.165) is 4.90 Å². The predicted molar refractivity (Wildman–Crippen MR) is 76.2 cm³/mol. The first-order valence-electron chi connectivity index (χ1n) is 5.58. The number of rotatable bonds is 4. The van der Waals surface area contributed by atoms with Crippen LogP contribution < -0.4 is 0 Å². The van der Waals surface area contributed by atoms with Crippen LogP contribution in [0.25, 0.3) is 0 Å². The highest BCUT2D eigenvalue weighted by Gasteiger charge is 2.15. The Hall–Kier alpha value is -0.910. The average molecular weight is 345 g/mol. The molecule has 0 saturated carbocycles. The van der Waals surface area contributed by atoms with E-state index in [1.165, 1.54) is 23.9 Å². The van der Waals surface area contributed by atoms with E-state index in [1.54, 1.807) is 30.3 Å². The van der Waals surface area contributed by atoms with Gasteiger partial charge in [0.2, 0.25) is 0 Å². The van der Waals surface area contributed by atoms with Crippen LogP contribution in [0.2, 0.25) is 0 Å². The van der Waals surface area contributed by atoms with Gasteiger partial charge in [0.15, 0.2) is 0 Å². The van der Waals surface area contributed by atoms with Crippen LogP contribution in [0, 0.1) is 11.6 Å². The van der Waals surface area contributed by atoms with E-state index in [9.17, 15) is 13.9 Å². The summed E-state index contributed by atoms with van der Waals surface area (Å²) >= 11 is 4.43. The molecule has 0 radical (unpaired) electrons. The Morgan fingerprint density at radius 1 is 1.11 bits per heavy atom. The molecule has 0 spiro atoms. The van der Waals surface area contributed by atoms with Gasteiger partial charge in [-0.05, 0) is 46.3 Å². The first kappa shape index (κ1) is 14.5. The van der Waals surface area contributed by atoms with Crippen LogP contribution >= 0.6 is 27.7 Å². The largest absolute Gasteiger partial charge is 0.387 e. The Kier molecular flexibility index (Phi) is 4.96. The number of thioether (sulfide) groups is 1. The average Bonchev–Trinajstić information content (AvgIpc) is 2.41. The molecule has 2 aromatic carbocycles. The fourth-order valence-corrected chi connectivity index (χ4v) is 2.81. The minimum Gasteiger partial charge on any atom is -0.387 e. The quantitative estimate of drug-likeness (QED) is 0.821. The summed E-state index contributed by atoms with van der Waals surface area (Å²) in [5, 5.41) is 9.99. The van der Waals surface area contributed by atoms with Crippen LogP contribution in [0.5, 0.6) is 0 Å². The summed E-state index contributed by atoms with van der Waals surface area (Å²) in [6, 6.07) is 10.8. The second-order valence-corrected chi connectivity index (χ2v) is 5.87. The van der Waals surface area contributed by atoms with Crippen molar-refractivity contribution >= 4 is 27.7 Å². The topological polar surface area (TPSA) is 20.2 Å². The molecule has 2 aromatic rings. The van der Waals surface area contributed by atoms with Crippen molar-refractivity contribution < 1.29 is 13.9 Å². The Bertz CT molecular complexity index is 560. The maximum Gasteiger partial charge on any atom is 0.143 e. The molecular formula is C14H11BrF2OS. The summed E-state index contributed by atoms with van der Waals surface area (Å²) in [5.41, 5.74) is 0.254. The lowest BCUT2D eigenvalue weighted by atomic mass is 10.1. The zero-order valence-electron chi connectivity index (χ0n) is 9.82. The van der Waals surface area contributed by atoms with E-state index in [0.29, 0.717) is 10.2 Å². The van der Waals surface area contributed by atoms with Gasteiger partial charge >= 0.3 is 0 Å². The molecule has 0 fully saturated rings. The summed E-state index contributed by atoms with van der Waals surface area (Å²) in [7, 11) is 0. The molecule has 2 rings (SSSR count). The molecule has 0 aromatic heterocycles. The third-order valence-electron chi connectivity index (χ3n) is 2.56. The molecule has 0 amide bonds. The molecule has 0 aliphatic carbocycles. The van der Waals surface area contributed by atoms with Crippen molar-refractivity contribution in [2.24, 2.45) is 0 Å². The lowest BCUT2D eigenvalue weighted by Crippen LogP contribution is -2.03. The van der Waals surface area contributed by atoms with E-state index in [-0.39, 0.29) is 11.4 Å². The zero-order chi connectivity index (χ0) is 13.8. The van der Waals surface area contributed by atoms with Crippen molar-refractivity contribution in [1.82, 2.24) is 0 Å². The van der Waals surface area contributed by atoms with Gasteiger partial charge in [-0.25, -0.2) is 8.78 Å². The number of aliphatic hydroxyl groups excluding tert-OH is 1. The highest BCUT2D eigenvalue weighted by atomic mass is 79.9. The number of aliphatic hydroxyl groups is 1. The van der Waals surface area contributed by atoms with Crippen LogP contribution in [0.3, 0.4) is 0 Å². The van der Waals surface area contributed by atoms with Crippen molar-refractivity contribution in [3.8, 4) is 0 Å². The van der Waals surface area contributed by atoms with Gasteiger partial charge in [0.25, 0.3) is 0 Å². The molecule has 0 bridgehead atoms. The molecule has 0 aliphatic heterocycles. The third kappa shape index (κ3) is 3.78. The second kappa shape index (κ2) is 6.50. The van der Waals surface area contributed by atoms with E-state index in [2.05, 4.69) is 15.9 Å². The van der Waals surface area contributed by atoms with E-state index >= 15 is 0 Å². The lowest BCUT2D eigenvalue weighted by Gasteiger charge is -2.12. The zero-order valence-corrected chi connectivity index (χ0v) is 12.2. The highest BCUT2D eigenvalue weighted by Crippen LogP contribution is 2.28. The summed E-state index contributed by atoms with van der Waals surface area (Å²) in [5.74, 6) is -0.448. The van der Waals surface area contributed by atoms with Gasteiger partial charge in [0.1, 0.15) is 11.6 Å². The minimum absolute atomic E-state index is 0.254. The van der Waals surface area contributed by atoms with Crippen molar-refractivity contribution in [3.05, 3.63) is 64.1 Å². The first-order chi connectivity index (χ1) is 9.08. The molecule has 0 aliphatic rings. The van der Waals surface area contributed by atoms with Crippen molar-refractivity contribution in [1.29, 1.82) is 0 Å². The molecule has 5 heteroatoms. The molecule has 1 nitrogen and oxygen atoms in total. The van der Waals surface area contributed by atoms with E-state index in [4.69, 9.17) is 0 Å². The molecule has 19 heavy (non-hydrogen) atoms. The Morgan fingerprint density at radius 2 is 1.79 bits per heavy atom. The van der Waals surface area contributed by atoms with Gasteiger partial charge < -0.3 is 5.11 Å². The van der Waals surface area contributed by atoms with Gasteiger partial charge in [-0.15, -0.1) is 11.8 Å². The van der Waals surface area contributed by atoms with Crippen LogP contribution in [0.1, 0.15) is 11.7 Å². The molecule has 1 N–H and O–H groups in total. The van der Waals surface area contributed by atoms with Gasteiger partial charge in [-0.3, -0.25) is 0 Å². The third-order valence-corrected chi connectivity index (χ3v) is 4.26. The van der Waals surface area contributed by atoms with Crippen LogP contribution in [-0.2, 0) is 0 Å². The van der Waals surface area contributed by atoms with E-state index in [1.807, 2.05) is 0 Å². The van der Waals surface area contributed by atoms with Crippen molar-refractivity contribution in [3.63, 3.8) is 0 Å². The summed E-state index contributed by atoms with van der Waals surface area (Å²) in [6.07, 6.45) is -0.910. The molecule has 1 atom stereocenters. The van der Waals surface area contributed by atoms with Crippen molar-refractivity contribution in [2.75, 3.05) is 5.75 Å². The Morgan fingerprint density at radius 3 is 2.47 bits per heavy atom.